The summed E-state index contributed by atoms with van der Waals surface area (Å²) in [6.45, 7) is 11.3. The molecule has 3 rings (SSSR count). The van der Waals surface area contributed by atoms with Gasteiger partial charge in [0.25, 0.3) is 20.2 Å². The first-order chi connectivity index (χ1) is 14.0. The van der Waals surface area contributed by atoms with Crippen molar-refractivity contribution >= 4 is 42.4 Å². The van der Waals surface area contributed by atoms with E-state index in [1.165, 1.54) is 17.8 Å². The Hall–Kier alpha value is -1.81. The molecule has 1 aliphatic heterocycles. The van der Waals surface area contributed by atoms with E-state index in [2.05, 4.69) is 39.2 Å². The van der Waals surface area contributed by atoms with Gasteiger partial charge in [0.15, 0.2) is 5.71 Å². The monoisotopic (exact) mass is 468 g/mol. The van der Waals surface area contributed by atoms with Crippen molar-refractivity contribution < 1.29 is 30.5 Å². The molecule has 2 aromatic rings. The summed E-state index contributed by atoms with van der Waals surface area (Å²) in [5.74, 6) is -0.266. The highest BCUT2D eigenvalue weighted by Crippen LogP contribution is 2.48. The van der Waals surface area contributed by atoms with E-state index < -0.39 is 20.2 Å². The highest BCUT2D eigenvalue weighted by Gasteiger charge is 2.51. The lowest BCUT2D eigenvalue weighted by Crippen LogP contribution is -2.39. The summed E-state index contributed by atoms with van der Waals surface area (Å²) < 4.78 is 66.0. The number of hydrogen-bond donors (Lipinski definition) is 2. The molecule has 0 aromatic heterocycles. The van der Waals surface area contributed by atoms with E-state index in [0.717, 1.165) is 22.0 Å². The van der Waals surface area contributed by atoms with Crippen LogP contribution in [0.25, 0.3) is 10.8 Å². The maximum Gasteiger partial charge on any atom is 0.294 e. The van der Waals surface area contributed by atoms with E-state index in [1.807, 2.05) is 12.1 Å². The number of hydrogen-bond acceptors (Lipinski definition) is 4. The summed E-state index contributed by atoms with van der Waals surface area (Å²) in [5, 5.41) is 1.64. The number of fused-ring (bicyclic) bond motifs is 3. The van der Waals surface area contributed by atoms with Crippen LogP contribution < -0.4 is 0 Å². The molecule has 1 heterocycles. The Morgan fingerprint density at radius 3 is 2.16 bits per heavy atom. The lowest BCUT2D eigenvalue weighted by Gasteiger charge is -2.27. The highest BCUT2D eigenvalue weighted by molar-refractivity contribution is 7.86. The fourth-order valence-electron chi connectivity index (χ4n) is 5.04. The van der Waals surface area contributed by atoms with Gasteiger partial charge in [0, 0.05) is 23.5 Å². The molecule has 0 aliphatic carbocycles. The molecule has 1 aliphatic rings. The second kappa shape index (κ2) is 7.65. The Balaban J connectivity index is 2.14. The fraction of sp³-hybridized carbons (Fsp3) is 0.500. The molecule has 31 heavy (non-hydrogen) atoms. The van der Waals surface area contributed by atoms with Crippen LogP contribution in [-0.2, 0) is 25.7 Å². The van der Waals surface area contributed by atoms with Crippen LogP contribution in [0.15, 0.2) is 35.2 Å². The zero-order chi connectivity index (χ0) is 23.4. The predicted octanol–water partition coefficient (Wildman–Crippen LogP) is 4.18. The summed E-state index contributed by atoms with van der Waals surface area (Å²) in [7, 11) is -8.28. The average molecular weight is 469 g/mol. The minimum absolute atomic E-state index is 0.141. The van der Waals surface area contributed by atoms with Gasteiger partial charge in [-0.05, 0) is 49.2 Å². The number of rotatable bonds is 6. The summed E-state index contributed by atoms with van der Waals surface area (Å²) in [6, 6.07) is 8.43. The van der Waals surface area contributed by atoms with Crippen molar-refractivity contribution in [2.24, 2.45) is 5.41 Å². The van der Waals surface area contributed by atoms with Crippen LogP contribution in [0.4, 0.5) is 5.69 Å². The fourth-order valence-corrected chi connectivity index (χ4v) is 6.13. The van der Waals surface area contributed by atoms with Gasteiger partial charge in [-0.1, -0.05) is 26.8 Å². The summed E-state index contributed by atoms with van der Waals surface area (Å²) in [4.78, 5) is -0.141. The number of benzene rings is 2. The van der Waals surface area contributed by atoms with Crippen molar-refractivity contribution in [3.05, 3.63) is 35.9 Å². The van der Waals surface area contributed by atoms with Crippen LogP contribution in [0.2, 0.25) is 0 Å². The smallest absolute Gasteiger partial charge is 0.286 e. The van der Waals surface area contributed by atoms with Gasteiger partial charge in [-0.25, -0.2) is 0 Å². The Kier molecular flexibility index (Phi) is 5.89. The molecule has 170 valence electrons. The Labute approximate surface area is 184 Å². The van der Waals surface area contributed by atoms with E-state index in [4.69, 9.17) is 4.55 Å². The van der Waals surface area contributed by atoms with Crippen LogP contribution in [0, 0.1) is 5.41 Å². The maximum absolute atomic E-state index is 11.6. The molecular formula is C22H30NO6S2+. The van der Waals surface area contributed by atoms with Crippen molar-refractivity contribution in [3.63, 3.8) is 0 Å². The third kappa shape index (κ3) is 4.69. The molecule has 0 saturated heterocycles. The van der Waals surface area contributed by atoms with Gasteiger partial charge in [0.1, 0.15) is 6.54 Å². The summed E-state index contributed by atoms with van der Waals surface area (Å²) in [6.07, 6.45) is 0.947. The normalized spacial score (nSPS) is 16.7. The van der Waals surface area contributed by atoms with Crippen LogP contribution in [0.3, 0.4) is 0 Å². The first kappa shape index (κ1) is 23.8. The molecule has 0 spiro atoms. The third-order valence-corrected chi connectivity index (χ3v) is 7.44. The van der Waals surface area contributed by atoms with E-state index in [9.17, 15) is 21.4 Å². The molecule has 0 saturated carbocycles. The van der Waals surface area contributed by atoms with Gasteiger partial charge < -0.3 is 0 Å². The van der Waals surface area contributed by atoms with Gasteiger partial charge in [-0.2, -0.15) is 21.4 Å². The van der Waals surface area contributed by atoms with Crippen molar-refractivity contribution in [2.75, 3.05) is 12.3 Å². The molecule has 0 amide bonds. The molecule has 7 nitrogen and oxygen atoms in total. The lowest BCUT2D eigenvalue weighted by molar-refractivity contribution is -0.443. The van der Waals surface area contributed by atoms with E-state index >= 15 is 0 Å². The van der Waals surface area contributed by atoms with E-state index in [-0.39, 0.29) is 21.5 Å². The molecule has 2 N–H and O–H groups in total. The highest BCUT2D eigenvalue weighted by atomic mass is 32.2. The van der Waals surface area contributed by atoms with Gasteiger partial charge >= 0.3 is 0 Å². The maximum atomic E-state index is 11.6. The van der Waals surface area contributed by atoms with Crippen molar-refractivity contribution in [2.45, 2.75) is 57.8 Å². The average Bonchev–Trinajstić information content (AvgIpc) is 2.83. The minimum atomic E-state index is -4.29. The largest absolute Gasteiger partial charge is 0.294 e. The summed E-state index contributed by atoms with van der Waals surface area (Å²) >= 11 is 0. The second-order valence-corrected chi connectivity index (χ2v) is 12.7. The Morgan fingerprint density at radius 1 is 0.968 bits per heavy atom. The van der Waals surface area contributed by atoms with Gasteiger partial charge in [0.2, 0.25) is 5.69 Å². The van der Waals surface area contributed by atoms with Crippen LogP contribution >= 0.6 is 0 Å². The standard InChI is InChI=1S/C22H29NO6S2/c1-21(2,3)20-22(4,5)19-17-10-9-16(31(27,28)29)14-15(17)8-11-18(19)23(20)12-6-7-13-30(24,25)26/h8-11,14H,6-7,12-13H2,1-5H3,(H-,24,25,26,27,28,29)/p+1. The minimum Gasteiger partial charge on any atom is -0.286 e. The van der Waals surface area contributed by atoms with Crippen molar-refractivity contribution in [1.82, 2.24) is 0 Å². The van der Waals surface area contributed by atoms with Gasteiger partial charge in [-0.3, -0.25) is 9.11 Å². The predicted molar refractivity (Wildman–Crippen MR) is 122 cm³/mol. The number of unbranched alkanes of at least 4 members (excludes halogenated alkanes) is 1. The molecule has 0 atom stereocenters. The molecule has 0 bridgehead atoms. The molecular weight excluding hydrogens is 438 g/mol. The lowest BCUT2D eigenvalue weighted by atomic mass is 9.70. The summed E-state index contributed by atoms with van der Waals surface area (Å²) in [5.41, 5.74) is 2.75. The topological polar surface area (TPSA) is 112 Å². The Bertz CT molecular complexity index is 1280. The molecule has 0 unspecified atom stereocenters. The molecule has 0 radical (unpaired) electrons. The van der Waals surface area contributed by atoms with E-state index in [0.29, 0.717) is 19.4 Å². The zero-order valence-corrected chi connectivity index (χ0v) is 20.1. The van der Waals surface area contributed by atoms with Crippen LogP contribution in [0.1, 0.15) is 53.0 Å². The van der Waals surface area contributed by atoms with Crippen LogP contribution in [-0.4, -0.2) is 48.5 Å². The first-order valence-electron chi connectivity index (χ1n) is 10.2. The molecule has 2 aromatic carbocycles. The molecule has 0 fully saturated rings. The number of nitrogens with zero attached hydrogens (tertiary/aromatic N) is 1. The third-order valence-electron chi connectivity index (χ3n) is 5.79. The SMILES string of the molecule is CC(C)(C)C1=[N+](CCCCS(=O)(=O)O)c2ccc3cc(S(=O)(=O)O)ccc3c2C1(C)C. The van der Waals surface area contributed by atoms with Crippen LogP contribution in [0.5, 0.6) is 0 Å². The van der Waals surface area contributed by atoms with Gasteiger partial charge in [0.05, 0.1) is 16.1 Å². The quantitative estimate of drug-likeness (QED) is 0.374. The van der Waals surface area contributed by atoms with Gasteiger partial charge in [-0.15, -0.1) is 0 Å². The zero-order valence-electron chi connectivity index (χ0n) is 18.5. The Morgan fingerprint density at radius 2 is 1.61 bits per heavy atom. The van der Waals surface area contributed by atoms with Crippen molar-refractivity contribution in [1.29, 1.82) is 0 Å². The second-order valence-electron chi connectivity index (χ2n) is 9.69. The van der Waals surface area contributed by atoms with E-state index in [1.54, 1.807) is 6.07 Å². The first-order valence-corrected chi connectivity index (χ1v) is 13.2. The van der Waals surface area contributed by atoms with Crippen molar-refractivity contribution in [3.8, 4) is 0 Å². The molecule has 9 heteroatoms.